The number of hydrogen-bond acceptors (Lipinski definition) is 4. The van der Waals surface area contributed by atoms with Crippen molar-refractivity contribution in [2.24, 2.45) is 12.5 Å². The molecular weight excluding hydrogens is 240 g/mol. The molecule has 0 aromatic carbocycles. The number of nitrogens with zero attached hydrogens (tertiary/aromatic N) is 2. The van der Waals surface area contributed by atoms with Crippen LogP contribution < -0.4 is 11.1 Å². The first-order valence-corrected chi connectivity index (χ1v) is 7.07. The van der Waals surface area contributed by atoms with Crippen LogP contribution in [0.15, 0.2) is 0 Å². The molecule has 1 aliphatic heterocycles. The van der Waals surface area contributed by atoms with Crippen LogP contribution in [0, 0.1) is 5.41 Å². The molecule has 0 spiro atoms. The molecule has 1 aromatic rings. The molecule has 0 bridgehead atoms. The second kappa shape index (κ2) is 5.41. The Morgan fingerprint density at radius 3 is 2.58 bits per heavy atom. The van der Waals surface area contributed by atoms with E-state index in [1.165, 1.54) is 0 Å². The van der Waals surface area contributed by atoms with Gasteiger partial charge in [-0.1, -0.05) is 20.8 Å². The van der Waals surface area contributed by atoms with E-state index < -0.39 is 0 Å². The lowest BCUT2D eigenvalue weighted by Crippen LogP contribution is -2.33. The van der Waals surface area contributed by atoms with Crippen LogP contribution >= 0.6 is 0 Å². The van der Waals surface area contributed by atoms with E-state index in [1.807, 2.05) is 11.7 Å². The second-order valence-corrected chi connectivity index (χ2v) is 6.20. The van der Waals surface area contributed by atoms with Crippen molar-refractivity contribution in [1.29, 1.82) is 0 Å². The van der Waals surface area contributed by atoms with E-state index in [0.29, 0.717) is 5.92 Å². The Morgan fingerprint density at radius 2 is 2.05 bits per heavy atom. The number of nitrogen functional groups attached to an aromatic ring is 1. The van der Waals surface area contributed by atoms with Gasteiger partial charge in [-0.2, -0.15) is 5.10 Å². The van der Waals surface area contributed by atoms with Crippen molar-refractivity contribution in [1.82, 2.24) is 9.78 Å². The Kier molecular flexibility index (Phi) is 4.04. The van der Waals surface area contributed by atoms with Gasteiger partial charge < -0.3 is 15.8 Å². The largest absolute Gasteiger partial charge is 0.394 e. The van der Waals surface area contributed by atoms with Gasteiger partial charge in [-0.15, -0.1) is 0 Å². The third-order valence-electron chi connectivity index (χ3n) is 4.04. The summed E-state index contributed by atoms with van der Waals surface area (Å²) >= 11 is 0. The van der Waals surface area contributed by atoms with Crippen LogP contribution in [0.25, 0.3) is 0 Å². The molecule has 3 N–H and O–H groups in total. The van der Waals surface area contributed by atoms with Crippen LogP contribution in [0.3, 0.4) is 0 Å². The van der Waals surface area contributed by atoms with Gasteiger partial charge in [-0.3, -0.25) is 4.68 Å². The van der Waals surface area contributed by atoms with Gasteiger partial charge in [0.2, 0.25) is 0 Å². The number of anilines is 2. The summed E-state index contributed by atoms with van der Waals surface area (Å²) in [6.07, 6.45) is 2.18. The van der Waals surface area contributed by atoms with Gasteiger partial charge >= 0.3 is 0 Å². The van der Waals surface area contributed by atoms with Crippen molar-refractivity contribution in [3.63, 3.8) is 0 Å². The molecule has 0 radical (unpaired) electrons. The van der Waals surface area contributed by atoms with Gasteiger partial charge in [0.25, 0.3) is 0 Å². The number of nitrogens with two attached hydrogens (primary N) is 1. The maximum absolute atomic E-state index is 6.19. The summed E-state index contributed by atoms with van der Waals surface area (Å²) in [7, 11) is 1.94. The topological polar surface area (TPSA) is 65.1 Å². The Hall–Kier alpha value is -1.23. The number of rotatable bonds is 4. The minimum Gasteiger partial charge on any atom is -0.394 e. The lowest BCUT2D eigenvalue weighted by molar-refractivity contribution is 0.0299. The molecule has 0 saturated carbocycles. The fourth-order valence-electron chi connectivity index (χ4n) is 2.54. The van der Waals surface area contributed by atoms with E-state index in [-0.39, 0.29) is 5.41 Å². The smallest absolute Gasteiger partial charge is 0.147 e. The highest BCUT2D eigenvalue weighted by molar-refractivity contribution is 5.65. The van der Waals surface area contributed by atoms with Crippen LogP contribution in [0.4, 0.5) is 11.5 Å². The lowest BCUT2D eigenvalue weighted by Gasteiger charge is -2.33. The van der Waals surface area contributed by atoms with Crippen LogP contribution in [0.2, 0.25) is 0 Å². The summed E-state index contributed by atoms with van der Waals surface area (Å²) < 4.78 is 7.28. The molecule has 5 nitrogen and oxygen atoms in total. The van der Waals surface area contributed by atoms with Gasteiger partial charge in [0.15, 0.2) is 0 Å². The minimum absolute atomic E-state index is 0.285. The number of ether oxygens (including phenoxy) is 1. The van der Waals surface area contributed by atoms with Crippen molar-refractivity contribution in [3.05, 3.63) is 5.69 Å². The molecule has 2 heterocycles. The van der Waals surface area contributed by atoms with E-state index in [1.54, 1.807) is 0 Å². The van der Waals surface area contributed by atoms with Gasteiger partial charge in [0, 0.05) is 26.8 Å². The summed E-state index contributed by atoms with van der Waals surface area (Å²) in [5, 5.41) is 7.99. The first-order chi connectivity index (χ1) is 8.93. The molecule has 1 aromatic heterocycles. The fourth-order valence-corrected chi connectivity index (χ4v) is 2.54. The molecule has 0 unspecified atom stereocenters. The quantitative estimate of drug-likeness (QED) is 0.878. The zero-order chi connectivity index (χ0) is 14.0. The summed E-state index contributed by atoms with van der Waals surface area (Å²) in [5.41, 5.74) is 8.24. The van der Waals surface area contributed by atoms with Crippen molar-refractivity contribution in [3.8, 4) is 0 Å². The van der Waals surface area contributed by atoms with E-state index in [4.69, 9.17) is 10.5 Å². The molecule has 108 valence electrons. The van der Waals surface area contributed by atoms with Crippen LogP contribution in [-0.4, -0.2) is 29.5 Å². The Morgan fingerprint density at radius 1 is 1.42 bits per heavy atom. The molecule has 5 heteroatoms. The normalized spacial score (nSPS) is 18.8. The third-order valence-corrected chi connectivity index (χ3v) is 4.04. The summed E-state index contributed by atoms with van der Waals surface area (Å²) in [6, 6.07) is 0. The first kappa shape index (κ1) is 14.2. The zero-order valence-electron chi connectivity index (χ0n) is 12.5. The lowest BCUT2D eigenvalue weighted by atomic mass is 9.82. The van der Waals surface area contributed by atoms with Gasteiger partial charge in [0.1, 0.15) is 5.82 Å². The zero-order valence-corrected chi connectivity index (χ0v) is 12.5. The Balaban J connectivity index is 2.07. The SMILES string of the molecule is CC(C)c1nn(C)c(NCC2(C)CCOCC2)c1N. The molecule has 0 aliphatic carbocycles. The summed E-state index contributed by atoms with van der Waals surface area (Å²) in [4.78, 5) is 0. The Bertz CT molecular complexity index is 433. The van der Waals surface area contributed by atoms with Crippen molar-refractivity contribution in [2.75, 3.05) is 30.8 Å². The highest BCUT2D eigenvalue weighted by atomic mass is 16.5. The molecule has 1 saturated heterocycles. The average Bonchev–Trinajstić information content (AvgIpc) is 2.64. The molecule has 0 amide bonds. The van der Waals surface area contributed by atoms with Gasteiger partial charge in [-0.05, 0) is 24.2 Å². The monoisotopic (exact) mass is 266 g/mol. The summed E-state index contributed by atoms with van der Waals surface area (Å²) in [5.74, 6) is 1.29. The second-order valence-electron chi connectivity index (χ2n) is 6.20. The molecule has 0 atom stereocenters. The van der Waals surface area contributed by atoms with E-state index in [0.717, 1.165) is 49.8 Å². The number of aryl methyl sites for hydroxylation is 1. The summed E-state index contributed by atoms with van der Waals surface area (Å²) in [6.45, 7) is 9.16. The average molecular weight is 266 g/mol. The van der Waals surface area contributed by atoms with E-state index >= 15 is 0 Å². The minimum atomic E-state index is 0.285. The molecule has 2 rings (SSSR count). The fraction of sp³-hybridized carbons (Fsp3) is 0.786. The van der Waals surface area contributed by atoms with E-state index in [2.05, 4.69) is 31.2 Å². The van der Waals surface area contributed by atoms with Gasteiger partial charge in [0.05, 0.1) is 11.4 Å². The maximum Gasteiger partial charge on any atom is 0.147 e. The highest BCUT2D eigenvalue weighted by Crippen LogP contribution is 2.32. The number of nitrogens with one attached hydrogen (secondary N) is 1. The first-order valence-electron chi connectivity index (χ1n) is 7.07. The molecular formula is C14H26N4O. The highest BCUT2D eigenvalue weighted by Gasteiger charge is 2.28. The molecule has 1 fully saturated rings. The number of aromatic nitrogens is 2. The Labute approximate surface area is 115 Å². The van der Waals surface area contributed by atoms with Crippen LogP contribution in [-0.2, 0) is 11.8 Å². The number of hydrogen-bond donors (Lipinski definition) is 2. The standard InChI is InChI=1S/C14H26N4O/c1-10(2)12-11(15)13(18(4)17-12)16-9-14(3)5-7-19-8-6-14/h10,16H,5-9,15H2,1-4H3. The molecule has 19 heavy (non-hydrogen) atoms. The van der Waals surface area contributed by atoms with Crippen molar-refractivity contribution in [2.45, 2.75) is 39.5 Å². The van der Waals surface area contributed by atoms with Crippen LogP contribution in [0.5, 0.6) is 0 Å². The van der Waals surface area contributed by atoms with E-state index in [9.17, 15) is 0 Å². The predicted octanol–water partition coefficient (Wildman–Crippen LogP) is 2.35. The van der Waals surface area contributed by atoms with Gasteiger partial charge in [-0.25, -0.2) is 0 Å². The van der Waals surface area contributed by atoms with Crippen LogP contribution in [0.1, 0.15) is 45.2 Å². The third kappa shape index (κ3) is 3.03. The van der Waals surface area contributed by atoms with Crippen molar-refractivity contribution >= 4 is 11.5 Å². The van der Waals surface area contributed by atoms with Crippen molar-refractivity contribution < 1.29 is 4.74 Å². The predicted molar refractivity (Wildman–Crippen MR) is 78.4 cm³/mol. The molecule has 1 aliphatic rings. The maximum atomic E-state index is 6.19.